The third kappa shape index (κ3) is 4.48. The van der Waals surface area contributed by atoms with Crippen molar-refractivity contribution in [3.8, 4) is 0 Å². The first-order valence-electron chi connectivity index (χ1n) is 8.51. The number of pyridine rings is 1. The highest BCUT2D eigenvalue weighted by atomic mass is 35.5. The number of unbranched alkanes of at least 4 members (excludes halogenated alkanes) is 2. The summed E-state index contributed by atoms with van der Waals surface area (Å²) in [4.78, 5) is 4.81. The van der Waals surface area contributed by atoms with E-state index in [4.69, 9.17) is 4.99 Å². The van der Waals surface area contributed by atoms with Gasteiger partial charge in [0.15, 0.2) is 0 Å². The minimum atomic E-state index is 0. The molecule has 0 aliphatic rings. The quantitative estimate of drug-likeness (QED) is 0.609. The van der Waals surface area contributed by atoms with Crippen LogP contribution in [0.1, 0.15) is 31.7 Å². The van der Waals surface area contributed by atoms with E-state index in [0.29, 0.717) is 0 Å². The molecule has 24 heavy (non-hydrogen) atoms. The van der Waals surface area contributed by atoms with Crippen molar-refractivity contribution in [1.82, 2.24) is 4.57 Å². The van der Waals surface area contributed by atoms with Crippen molar-refractivity contribution < 1.29 is 12.4 Å². The standard InChI is InChI=1S/C21H24N2.ClH/c1-2-3-9-15-22-20-14-16-23(17-18-10-5-4-6-11-18)21-13-8-7-12-19(20)21;/h4-8,10-14,16H,2-3,9,15,17H2,1H3;1H/p-1. The highest BCUT2D eigenvalue weighted by Crippen LogP contribution is 2.12. The fourth-order valence-electron chi connectivity index (χ4n) is 2.89. The van der Waals surface area contributed by atoms with Crippen LogP contribution in [-0.2, 0) is 6.54 Å². The first-order valence-corrected chi connectivity index (χ1v) is 8.51. The normalized spacial score (nSPS) is 11.5. The van der Waals surface area contributed by atoms with Crippen molar-refractivity contribution in [2.45, 2.75) is 32.7 Å². The van der Waals surface area contributed by atoms with Crippen LogP contribution in [0.4, 0.5) is 0 Å². The molecule has 0 bridgehead atoms. The van der Waals surface area contributed by atoms with Gasteiger partial charge in [0.1, 0.15) is 0 Å². The number of hydrogen-bond acceptors (Lipinski definition) is 1. The molecule has 0 amide bonds. The summed E-state index contributed by atoms with van der Waals surface area (Å²) >= 11 is 0. The number of halogens is 1. The number of para-hydroxylation sites is 1. The molecule has 3 aromatic rings. The zero-order valence-electron chi connectivity index (χ0n) is 14.2. The number of benzene rings is 2. The Morgan fingerprint density at radius 3 is 2.42 bits per heavy atom. The number of fused-ring (bicyclic) bond motifs is 1. The summed E-state index contributed by atoms with van der Waals surface area (Å²) in [7, 11) is 0. The van der Waals surface area contributed by atoms with E-state index in [-0.39, 0.29) is 12.4 Å². The molecule has 1 heterocycles. The monoisotopic (exact) mass is 339 g/mol. The fraction of sp³-hybridized carbons (Fsp3) is 0.286. The van der Waals surface area contributed by atoms with Gasteiger partial charge in [0.25, 0.3) is 0 Å². The molecule has 0 aliphatic carbocycles. The average Bonchev–Trinajstić information content (AvgIpc) is 2.61. The molecular weight excluding hydrogens is 316 g/mol. The molecule has 0 radical (unpaired) electrons. The number of aromatic nitrogens is 1. The molecular formula is C21H24ClN2-. The maximum atomic E-state index is 4.81. The van der Waals surface area contributed by atoms with Gasteiger partial charge >= 0.3 is 0 Å². The van der Waals surface area contributed by atoms with Gasteiger partial charge in [-0.15, -0.1) is 0 Å². The van der Waals surface area contributed by atoms with Crippen molar-refractivity contribution in [2.75, 3.05) is 6.54 Å². The summed E-state index contributed by atoms with van der Waals surface area (Å²) in [5.74, 6) is 0. The molecule has 0 unspecified atom stereocenters. The Morgan fingerprint density at radius 1 is 0.875 bits per heavy atom. The van der Waals surface area contributed by atoms with Crippen LogP contribution in [0, 0.1) is 0 Å². The van der Waals surface area contributed by atoms with Gasteiger partial charge in [-0.05, 0) is 24.1 Å². The molecule has 0 saturated heterocycles. The second-order valence-electron chi connectivity index (χ2n) is 5.92. The van der Waals surface area contributed by atoms with Crippen molar-refractivity contribution in [2.24, 2.45) is 4.99 Å². The van der Waals surface area contributed by atoms with E-state index in [2.05, 4.69) is 78.4 Å². The van der Waals surface area contributed by atoms with Gasteiger partial charge in [0.2, 0.25) is 0 Å². The molecule has 0 fully saturated rings. The molecule has 0 N–H and O–H groups in total. The van der Waals surface area contributed by atoms with Gasteiger partial charge in [0.05, 0.1) is 10.9 Å². The van der Waals surface area contributed by atoms with E-state index in [1.54, 1.807) is 0 Å². The minimum Gasteiger partial charge on any atom is -1.00 e. The third-order valence-corrected chi connectivity index (χ3v) is 4.14. The van der Waals surface area contributed by atoms with Crippen LogP contribution in [-0.4, -0.2) is 11.1 Å². The van der Waals surface area contributed by atoms with Crippen LogP contribution in [0.25, 0.3) is 10.9 Å². The summed E-state index contributed by atoms with van der Waals surface area (Å²) in [6, 6.07) is 21.3. The smallest absolute Gasteiger partial charge is 0.0682 e. The second-order valence-corrected chi connectivity index (χ2v) is 5.92. The Hall–Kier alpha value is -2.06. The van der Waals surface area contributed by atoms with E-state index >= 15 is 0 Å². The fourth-order valence-corrected chi connectivity index (χ4v) is 2.89. The molecule has 126 valence electrons. The molecule has 0 atom stereocenters. The Bertz CT molecular complexity index is 822. The summed E-state index contributed by atoms with van der Waals surface area (Å²) in [6.07, 6.45) is 5.82. The summed E-state index contributed by atoms with van der Waals surface area (Å²) < 4.78 is 2.30. The Balaban J connectivity index is 0.00000208. The molecule has 2 aromatic carbocycles. The molecule has 0 saturated carbocycles. The lowest BCUT2D eigenvalue weighted by atomic mass is 10.1. The van der Waals surface area contributed by atoms with Crippen molar-refractivity contribution in [3.05, 3.63) is 77.8 Å². The van der Waals surface area contributed by atoms with Crippen molar-refractivity contribution >= 4 is 10.9 Å². The number of rotatable bonds is 6. The average molecular weight is 340 g/mol. The SMILES string of the molecule is CCCCCN=c1ccn(Cc2ccccc2)c2ccccc12.[Cl-]. The first-order chi connectivity index (χ1) is 11.4. The van der Waals surface area contributed by atoms with E-state index in [0.717, 1.165) is 18.4 Å². The van der Waals surface area contributed by atoms with Crippen LogP contribution in [0.5, 0.6) is 0 Å². The van der Waals surface area contributed by atoms with Gasteiger partial charge in [-0.2, -0.15) is 0 Å². The predicted molar refractivity (Wildman–Crippen MR) is 97.4 cm³/mol. The van der Waals surface area contributed by atoms with Gasteiger partial charge < -0.3 is 17.0 Å². The maximum Gasteiger partial charge on any atom is 0.0682 e. The molecule has 0 aliphatic heterocycles. The van der Waals surface area contributed by atoms with E-state index in [9.17, 15) is 0 Å². The number of nitrogens with zero attached hydrogens (tertiary/aromatic N) is 2. The lowest BCUT2D eigenvalue weighted by Gasteiger charge is -2.11. The highest BCUT2D eigenvalue weighted by Gasteiger charge is 2.01. The van der Waals surface area contributed by atoms with E-state index in [1.165, 1.54) is 35.7 Å². The van der Waals surface area contributed by atoms with Gasteiger partial charge in [0, 0.05) is 24.7 Å². The highest BCUT2D eigenvalue weighted by molar-refractivity contribution is 5.78. The summed E-state index contributed by atoms with van der Waals surface area (Å²) in [5, 5.41) is 2.35. The summed E-state index contributed by atoms with van der Waals surface area (Å²) in [6.45, 7) is 4.03. The Kier molecular flexibility index (Phi) is 7.07. The molecule has 3 heteroatoms. The molecule has 0 spiro atoms. The zero-order valence-corrected chi connectivity index (χ0v) is 14.9. The summed E-state index contributed by atoms with van der Waals surface area (Å²) in [5.41, 5.74) is 2.56. The molecule has 3 rings (SSSR count). The van der Waals surface area contributed by atoms with Crippen LogP contribution in [0.3, 0.4) is 0 Å². The largest absolute Gasteiger partial charge is 1.00 e. The van der Waals surface area contributed by atoms with Crippen molar-refractivity contribution in [1.29, 1.82) is 0 Å². The lowest BCUT2D eigenvalue weighted by Crippen LogP contribution is -3.00. The predicted octanol–water partition coefficient (Wildman–Crippen LogP) is 1.78. The Labute approximate surface area is 150 Å². The zero-order chi connectivity index (χ0) is 15.9. The van der Waals surface area contributed by atoms with Gasteiger partial charge in [-0.25, -0.2) is 0 Å². The van der Waals surface area contributed by atoms with Crippen LogP contribution in [0.2, 0.25) is 0 Å². The van der Waals surface area contributed by atoms with Crippen LogP contribution < -0.4 is 17.8 Å². The Morgan fingerprint density at radius 2 is 1.62 bits per heavy atom. The third-order valence-electron chi connectivity index (χ3n) is 4.14. The van der Waals surface area contributed by atoms with Gasteiger partial charge in [-0.3, -0.25) is 4.99 Å². The second kappa shape index (κ2) is 9.29. The topological polar surface area (TPSA) is 17.3 Å². The lowest BCUT2D eigenvalue weighted by molar-refractivity contribution is -0.00000471. The van der Waals surface area contributed by atoms with Gasteiger partial charge in [-0.1, -0.05) is 68.3 Å². The minimum absolute atomic E-state index is 0. The number of hydrogen-bond donors (Lipinski definition) is 0. The van der Waals surface area contributed by atoms with Crippen LogP contribution in [0.15, 0.2) is 71.9 Å². The first kappa shape index (κ1) is 18.3. The molecule has 2 nitrogen and oxygen atoms in total. The van der Waals surface area contributed by atoms with E-state index < -0.39 is 0 Å². The van der Waals surface area contributed by atoms with E-state index in [1.807, 2.05) is 0 Å². The molecule has 1 aromatic heterocycles. The maximum absolute atomic E-state index is 4.81. The van der Waals surface area contributed by atoms with Crippen LogP contribution >= 0.6 is 0 Å². The van der Waals surface area contributed by atoms with Crippen molar-refractivity contribution in [3.63, 3.8) is 0 Å².